The van der Waals surface area contributed by atoms with Gasteiger partial charge in [-0.2, -0.15) is 0 Å². The predicted octanol–water partition coefficient (Wildman–Crippen LogP) is 3.81. The molecule has 0 aliphatic rings. The molecule has 4 N–H and O–H groups in total. The van der Waals surface area contributed by atoms with Crippen molar-refractivity contribution in [3.05, 3.63) is 48.5 Å². The lowest BCUT2D eigenvalue weighted by Crippen LogP contribution is -2.13. The summed E-state index contributed by atoms with van der Waals surface area (Å²) in [5, 5.41) is 5.64. The smallest absolute Gasteiger partial charge is 0.224 e. The summed E-state index contributed by atoms with van der Waals surface area (Å²) in [4.78, 5) is 23.8. The molecule has 0 aliphatic heterocycles. The Balaban J connectivity index is 1.61. The van der Waals surface area contributed by atoms with Gasteiger partial charge in [0, 0.05) is 24.6 Å². The molecule has 26 heavy (non-hydrogen) atoms. The van der Waals surface area contributed by atoms with Crippen LogP contribution in [0.5, 0.6) is 5.75 Å². The average molecular weight is 355 g/mol. The monoisotopic (exact) mass is 355 g/mol. The first-order valence-electron chi connectivity index (χ1n) is 8.67. The summed E-state index contributed by atoms with van der Waals surface area (Å²) in [6, 6.07) is 14.4. The molecule has 0 bridgehead atoms. The Kier molecular flexibility index (Phi) is 7.49. The molecule has 0 atom stereocenters. The van der Waals surface area contributed by atoms with E-state index in [4.69, 9.17) is 10.5 Å². The Labute approximate surface area is 153 Å². The Morgan fingerprint density at radius 1 is 0.923 bits per heavy atom. The SMILES string of the molecule is COc1cccc(NC(=O)CCCCCC(=O)Nc2ccccc2N)c1. The van der Waals surface area contributed by atoms with Gasteiger partial charge < -0.3 is 21.1 Å². The highest BCUT2D eigenvalue weighted by atomic mass is 16.5. The Morgan fingerprint density at radius 3 is 2.31 bits per heavy atom. The van der Waals surface area contributed by atoms with Gasteiger partial charge in [-0.15, -0.1) is 0 Å². The first-order valence-corrected chi connectivity index (χ1v) is 8.67. The Hall–Kier alpha value is -3.02. The van der Waals surface area contributed by atoms with Gasteiger partial charge in [-0.05, 0) is 37.1 Å². The van der Waals surface area contributed by atoms with Gasteiger partial charge in [-0.1, -0.05) is 24.6 Å². The summed E-state index contributed by atoms with van der Waals surface area (Å²) < 4.78 is 5.12. The molecule has 0 saturated heterocycles. The van der Waals surface area contributed by atoms with Crippen molar-refractivity contribution in [3.63, 3.8) is 0 Å². The first-order chi connectivity index (χ1) is 12.6. The van der Waals surface area contributed by atoms with Crippen LogP contribution < -0.4 is 21.1 Å². The standard InChI is InChI=1S/C20H25N3O3/c1-26-16-9-7-8-15(14-16)22-19(24)12-3-2-4-13-20(25)23-18-11-6-5-10-17(18)21/h5-11,14H,2-4,12-13,21H2,1H3,(H,22,24)(H,23,25). The number of methoxy groups -OCH3 is 1. The lowest BCUT2D eigenvalue weighted by Gasteiger charge is -2.08. The lowest BCUT2D eigenvalue weighted by atomic mass is 10.1. The Bertz CT molecular complexity index is 747. The summed E-state index contributed by atoms with van der Waals surface area (Å²) in [6.45, 7) is 0. The fourth-order valence-electron chi connectivity index (χ4n) is 2.50. The third-order valence-electron chi connectivity index (χ3n) is 3.90. The zero-order valence-electron chi connectivity index (χ0n) is 15.0. The number of hydrogen-bond acceptors (Lipinski definition) is 4. The molecule has 0 fully saturated rings. The largest absolute Gasteiger partial charge is 0.497 e. The zero-order chi connectivity index (χ0) is 18.8. The van der Waals surface area contributed by atoms with Gasteiger partial charge in [-0.3, -0.25) is 9.59 Å². The van der Waals surface area contributed by atoms with Crippen LogP contribution in [0.15, 0.2) is 48.5 Å². The molecule has 0 radical (unpaired) electrons. The number of amides is 2. The van der Waals surface area contributed by atoms with Crippen LogP contribution in [0.1, 0.15) is 32.1 Å². The van der Waals surface area contributed by atoms with E-state index in [2.05, 4.69) is 10.6 Å². The van der Waals surface area contributed by atoms with Gasteiger partial charge in [0.05, 0.1) is 18.5 Å². The third-order valence-corrected chi connectivity index (χ3v) is 3.90. The second kappa shape index (κ2) is 10.1. The van der Waals surface area contributed by atoms with Gasteiger partial charge in [0.1, 0.15) is 5.75 Å². The van der Waals surface area contributed by atoms with Gasteiger partial charge >= 0.3 is 0 Å². The van der Waals surface area contributed by atoms with Crippen LogP contribution in [0.25, 0.3) is 0 Å². The van der Waals surface area contributed by atoms with Gasteiger partial charge in [0.25, 0.3) is 0 Å². The quantitative estimate of drug-likeness (QED) is 0.471. The van der Waals surface area contributed by atoms with Crippen LogP contribution in [0.2, 0.25) is 0 Å². The maximum Gasteiger partial charge on any atom is 0.224 e. The number of nitrogens with one attached hydrogen (secondary N) is 2. The lowest BCUT2D eigenvalue weighted by molar-refractivity contribution is -0.116. The van der Waals surface area contributed by atoms with Crippen LogP contribution in [0, 0.1) is 0 Å². The molecular weight excluding hydrogens is 330 g/mol. The normalized spacial score (nSPS) is 10.2. The molecule has 6 nitrogen and oxygen atoms in total. The third kappa shape index (κ3) is 6.47. The van der Waals surface area contributed by atoms with Crippen molar-refractivity contribution in [2.45, 2.75) is 32.1 Å². The fourth-order valence-corrected chi connectivity index (χ4v) is 2.50. The number of ether oxygens (including phenoxy) is 1. The number of nitrogens with two attached hydrogens (primary N) is 1. The van der Waals surface area contributed by atoms with Crippen molar-refractivity contribution < 1.29 is 14.3 Å². The van der Waals surface area contributed by atoms with Crippen LogP contribution in [0.4, 0.5) is 17.1 Å². The van der Waals surface area contributed by atoms with Crippen LogP contribution >= 0.6 is 0 Å². The predicted molar refractivity (Wildman–Crippen MR) is 104 cm³/mol. The van der Waals surface area contributed by atoms with Gasteiger partial charge in [-0.25, -0.2) is 0 Å². The molecule has 2 aromatic carbocycles. The fraction of sp³-hybridized carbons (Fsp3) is 0.300. The van der Waals surface area contributed by atoms with Crippen molar-refractivity contribution in [2.75, 3.05) is 23.5 Å². The van der Waals surface area contributed by atoms with E-state index in [9.17, 15) is 9.59 Å². The van der Waals surface area contributed by atoms with Crippen molar-refractivity contribution >= 4 is 28.9 Å². The van der Waals surface area contributed by atoms with Gasteiger partial charge in [0.15, 0.2) is 0 Å². The van der Waals surface area contributed by atoms with Crippen LogP contribution in [-0.2, 0) is 9.59 Å². The van der Waals surface area contributed by atoms with E-state index in [-0.39, 0.29) is 11.8 Å². The first kappa shape index (κ1) is 19.3. The highest BCUT2D eigenvalue weighted by Crippen LogP contribution is 2.18. The highest BCUT2D eigenvalue weighted by molar-refractivity contribution is 5.93. The number of hydrogen-bond donors (Lipinski definition) is 3. The average Bonchev–Trinajstić information content (AvgIpc) is 2.63. The molecule has 0 spiro atoms. The van der Waals surface area contributed by atoms with Crippen molar-refractivity contribution in [2.24, 2.45) is 0 Å². The number of nitrogen functional groups attached to an aromatic ring is 1. The number of benzene rings is 2. The van der Waals surface area contributed by atoms with E-state index in [0.29, 0.717) is 35.7 Å². The van der Waals surface area contributed by atoms with E-state index in [1.54, 1.807) is 25.3 Å². The number of rotatable bonds is 9. The van der Waals surface area contributed by atoms with E-state index < -0.39 is 0 Å². The number of carbonyl (C=O) groups is 2. The molecule has 2 aromatic rings. The number of unbranched alkanes of at least 4 members (excludes halogenated alkanes) is 2. The molecular formula is C20H25N3O3. The maximum atomic E-state index is 11.9. The molecule has 0 saturated carbocycles. The minimum Gasteiger partial charge on any atom is -0.497 e. The van der Waals surface area contributed by atoms with Crippen molar-refractivity contribution in [1.82, 2.24) is 0 Å². The molecule has 138 valence electrons. The maximum absolute atomic E-state index is 11.9. The topological polar surface area (TPSA) is 93.4 Å². The molecule has 0 unspecified atom stereocenters. The summed E-state index contributed by atoms with van der Waals surface area (Å²) in [5.41, 5.74) is 7.70. The Morgan fingerprint density at radius 2 is 1.62 bits per heavy atom. The number of carbonyl (C=O) groups excluding carboxylic acids is 2. The number of para-hydroxylation sites is 2. The molecule has 2 amide bonds. The summed E-state index contributed by atoms with van der Waals surface area (Å²) >= 11 is 0. The summed E-state index contributed by atoms with van der Waals surface area (Å²) in [6.07, 6.45) is 3.10. The van der Waals surface area contributed by atoms with E-state index in [1.807, 2.05) is 30.3 Å². The molecule has 6 heteroatoms. The minimum absolute atomic E-state index is 0.0419. The zero-order valence-corrected chi connectivity index (χ0v) is 15.0. The van der Waals surface area contributed by atoms with E-state index >= 15 is 0 Å². The van der Waals surface area contributed by atoms with Crippen molar-refractivity contribution in [1.29, 1.82) is 0 Å². The van der Waals surface area contributed by atoms with Crippen molar-refractivity contribution in [3.8, 4) is 5.75 Å². The second-order valence-corrected chi connectivity index (χ2v) is 5.98. The van der Waals surface area contributed by atoms with E-state index in [1.165, 1.54) is 0 Å². The number of anilines is 3. The second-order valence-electron chi connectivity index (χ2n) is 5.98. The van der Waals surface area contributed by atoms with Gasteiger partial charge in [0.2, 0.25) is 11.8 Å². The summed E-state index contributed by atoms with van der Waals surface area (Å²) in [5.74, 6) is 0.594. The van der Waals surface area contributed by atoms with Crippen LogP contribution in [-0.4, -0.2) is 18.9 Å². The molecule has 0 heterocycles. The minimum atomic E-state index is -0.0660. The molecule has 0 aliphatic carbocycles. The molecule has 0 aromatic heterocycles. The molecule has 2 rings (SSSR count). The van der Waals surface area contributed by atoms with E-state index in [0.717, 1.165) is 19.3 Å². The summed E-state index contributed by atoms with van der Waals surface area (Å²) in [7, 11) is 1.59. The highest BCUT2D eigenvalue weighted by Gasteiger charge is 2.06. The van der Waals surface area contributed by atoms with Crippen LogP contribution in [0.3, 0.4) is 0 Å².